The van der Waals surface area contributed by atoms with Gasteiger partial charge in [-0.05, 0) is 11.3 Å². The van der Waals surface area contributed by atoms with Crippen molar-refractivity contribution in [1.29, 1.82) is 0 Å². The van der Waals surface area contributed by atoms with Crippen molar-refractivity contribution in [2.24, 2.45) is 0 Å². The molecule has 0 aliphatic rings. The van der Waals surface area contributed by atoms with Gasteiger partial charge >= 0.3 is 5.88 Å². The first-order valence-corrected chi connectivity index (χ1v) is 5.04. The summed E-state index contributed by atoms with van der Waals surface area (Å²) < 4.78 is 4.72. The normalized spacial score (nSPS) is 10.1. The lowest BCUT2D eigenvalue weighted by molar-refractivity contribution is -0.402. The van der Waals surface area contributed by atoms with E-state index in [1.165, 1.54) is 10.9 Å². The Kier molecular flexibility index (Phi) is 3.32. The second-order valence-electron chi connectivity index (χ2n) is 3.31. The van der Waals surface area contributed by atoms with E-state index in [1.807, 2.05) is 0 Å². The standard InChI is InChI=1S/C9H8N6O4/c1-2-5-14-12-9(11-13-14)10-8(16)6-3-4-7(19-6)15(17)18/h2-4H,1,5H2,(H,10,12,16). The van der Waals surface area contributed by atoms with Gasteiger partial charge in [-0.3, -0.25) is 20.2 Å². The third-order valence-electron chi connectivity index (χ3n) is 1.97. The highest BCUT2D eigenvalue weighted by Crippen LogP contribution is 2.16. The summed E-state index contributed by atoms with van der Waals surface area (Å²) in [6.45, 7) is 3.84. The minimum atomic E-state index is -0.741. The summed E-state index contributed by atoms with van der Waals surface area (Å²) in [7, 11) is 0. The second-order valence-corrected chi connectivity index (χ2v) is 3.31. The quantitative estimate of drug-likeness (QED) is 0.475. The topological polar surface area (TPSA) is 129 Å². The van der Waals surface area contributed by atoms with Crippen LogP contribution in [0.25, 0.3) is 0 Å². The fourth-order valence-corrected chi connectivity index (χ4v) is 1.20. The molecule has 2 aromatic heterocycles. The van der Waals surface area contributed by atoms with Crippen LogP contribution in [0, 0.1) is 10.1 Å². The Morgan fingerprint density at radius 3 is 3.05 bits per heavy atom. The maximum atomic E-state index is 11.7. The van der Waals surface area contributed by atoms with Crippen LogP contribution in [-0.2, 0) is 6.54 Å². The summed E-state index contributed by atoms with van der Waals surface area (Å²) in [5, 5.41) is 23.7. The molecule has 0 bridgehead atoms. The number of nitrogens with zero attached hydrogens (tertiary/aromatic N) is 5. The van der Waals surface area contributed by atoms with Gasteiger partial charge in [-0.1, -0.05) is 11.2 Å². The Labute approximate surface area is 105 Å². The number of allylic oxidation sites excluding steroid dienone is 1. The van der Waals surface area contributed by atoms with Gasteiger partial charge in [0.05, 0.1) is 12.6 Å². The van der Waals surface area contributed by atoms with Gasteiger partial charge in [0, 0.05) is 0 Å². The molecule has 10 heteroatoms. The van der Waals surface area contributed by atoms with Crippen LogP contribution in [0.5, 0.6) is 0 Å². The zero-order chi connectivity index (χ0) is 13.8. The lowest BCUT2D eigenvalue weighted by atomic mass is 10.4. The van der Waals surface area contributed by atoms with Crippen molar-refractivity contribution in [3.63, 3.8) is 0 Å². The van der Waals surface area contributed by atoms with E-state index >= 15 is 0 Å². The highest BCUT2D eigenvalue weighted by atomic mass is 16.6. The van der Waals surface area contributed by atoms with Gasteiger partial charge in [0.25, 0.3) is 11.9 Å². The number of furan rings is 1. The molecule has 0 aliphatic carbocycles. The number of amides is 1. The van der Waals surface area contributed by atoms with E-state index in [0.29, 0.717) is 6.54 Å². The van der Waals surface area contributed by atoms with Crippen LogP contribution < -0.4 is 5.32 Å². The van der Waals surface area contributed by atoms with Gasteiger partial charge in [0.2, 0.25) is 0 Å². The van der Waals surface area contributed by atoms with Crippen LogP contribution in [0.3, 0.4) is 0 Å². The van der Waals surface area contributed by atoms with Gasteiger partial charge < -0.3 is 4.42 Å². The number of carbonyl (C=O) groups is 1. The second kappa shape index (κ2) is 5.08. The van der Waals surface area contributed by atoms with Gasteiger partial charge in [-0.15, -0.1) is 11.7 Å². The van der Waals surface area contributed by atoms with Gasteiger partial charge in [-0.2, -0.15) is 4.80 Å². The van der Waals surface area contributed by atoms with E-state index in [2.05, 4.69) is 27.3 Å². The average Bonchev–Trinajstić information content (AvgIpc) is 2.98. The molecule has 0 atom stereocenters. The fraction of sp³-hybridized carbons (Fsp3) is 0.111. The number of anilines is 1. The van der Waals surface area contributed by atoms with E-state index in [-0.39, 0.29) is 11.7 Å². The third kappa shape index (κ3) is 2.80. The third-order valence-corrected chi connectivity index (χ3v) is 1.97. The number of nitrogens with one attached hydrogen (secondary N) is 1. The Morgan fingerprint density at radius 1 is 1.63 bits per heavy atom. The Hall–Kier alpha value is -3.04. The predicted octanol–water partition coefficient (Wildman–Crippen LogP) is 0.613. The smallest absolute Gasteiger partial charge is 0.395 e. The summed E-state index contributed by atoms with van der Waals surface area (Å²) in [4.78, 5) is 22.5. The van der Waals surface area contributed by atoms with E-state index in [9.17, 15) is 14.9 Å². The summed E-state index contributed by atoms with van der Waals surface area (Å²) in [6, 6.07) is 2.26. The molecule has 2 rings (SSSR count). The van der Waals surface area contributed by atoms with Gasteiger partial charge in [0.15, 0.2) is 5.76 Å². The zero-order valence-corrected chi connectivity index (χ0v) is 9.52. The molecule has 0 aromatic carbocycles. The highest BCUT2D eigenvalue weighted by molar-refractivity contribution is 6.01. The van der Waals surface area contributed by atoms with Crippen molar-refractivity contribution in [3.05, 3.63) is 40.7 Å². The van der Waals surface area contributed by atoms with Crippen molar-refractivity contribution in [2.45, 2.75) is 6.54 Å². The van der Waals surface area contributed by atoms with Crippen LogP contribution in [0.1, 0.15) is 10.6 Å². The molecule has 1 N–H and O–H groups in total. The summed E-state index contributed by atoms with van der Waals surface area (Å²) >= 11 is 0. The minimum absolute atomic E-state index is 0.0362. The van der Waals surface area contributed by atoms with Crippen molar-refractivity contribution in [3.8, 4) is 0 Å². The van der Waals surface area contributed by atoms with Crippen LogP contribution in [0.2, 0.25) is 0 Å². The average molecular weight is 264 g/mol. The number of hydrogen-bond acceptors (Lipinski definition) is 7. The molecule has 0 aliphatic heterocycles. The van der Waals surface area contributed by atoms with E-state index < -0.39 is 16.7 Å². The molecule has 98 valence electrons. The van der Waals surface area contributed by atoms with E-state index in [0.717, 1.165) is 6.07 Å². The maximum absolute atomic E-state index is 11.7. The number of aromatic nitrogens is 4. The van der Waals surface area contributed by atoms with Crippen LogP contribution in [0.4, 0.5) is 11.8 Å². The monoisotopic (exact) mass is 264 g/mol. The summed E-state index contributed by atoms with van der Waals surface area (Å²) in [6.07, 6.45) is 1.56. The number of hydrogen-bond donors (Lipinski definition) is 1. The number of rotatable bonds is 5. The van der Waals surface area contributed by atoms with Crippen molar-refractivity contribution >= 4 is 17.7 Å². The SMILES string of the molecule is C=CCn1nnc(NC(=O)c2ccc([N+](=O)[O-])o2)n1. The number of tetrazole rings is 1. The van der Waals surface area contributed by atoms with Gasteiger partial charge in [0.1, 0.15) is 4.92 Å². The summed E-state index contributed by atoms with van der Waals surface area (Å²) in [5.41, 5.74) is 0. The Morgan fingerprint density at radius 2 is 2.42 bits per heavy atom. The minimum Gasteiger partial charge on any atom is -0.395 e. The van der Waals surface area contributed by atoms with Crippen molar-refractivity contribution in [2.75, 3.05) is 5.32 Å². The molecule has 2 aromatic rings. The number of nitro groups is 1. The van der Waals surface area contributed by atoms with Crippen LogP contribution in [0.15, 0.2) is 29.2 Å². The molecule has 0 fully saturated rings. The Bertz CT molecular complexity index is 630. The van der Waals surface area contributed by atoms with Crippen LogP contribution in [-0.4, -0.2) is 31.0 Å². The van der Waals surface area contributed by atoms with Gasteiger partial charge in [-0.25, -0.2) is 0 Å². The first-order chi connectivity index (χ1) is 9.10. The largest absolute Gasteiger partial charge is 0.433 e. The predicted molar refractivity (Wildman–Crippen MR) is 61.3 cm³/mol. The molecule has 1 amide bonds. The molecular formula is C9H8N6O4. The molecule has 0 spiro atoms. The van der Waals surface area contributed by atoms with Crippen molar-refractivity contribution < 1.29 is 14.1 Å². The first-order valence-electron chi connectivity index (χ1n) is 5.04. The fourth-order valence-electron chi connectivity index (χ4n) is 1.20. The summed E-state index contributed by atoms with van der Waals surface area (Å²) in [5.74, 6) is -1.47. The number of carbonyl (C=O) groups excluding carboxylic acids is 1. The highest BCUT2D eigenvalue weighted by Gasteiger charge is 2.18. The molecule has 10 nitrogen and oxygen atoms in total. The van der Waals surface area contributed by atoms with E-state index in [4.69, 9.17) is 4.42 Å². The van der Waals surface area contributed by atoms with Crippen LogP contribution >= 0.6 is 0 Å². The molecule has 19 heavy (non-hydrogen) atoms. The lowest BCUT2D eigenvalue weighted by Gasteiger charge is -1.95. The molecular weight excluding hydrogens is 256 g/mol. The van der Waals surface area contributed by atoms with E-state index in [1.54, 1.807) is 6.08 Å². The Balaban J connectivity index is 2.06. The maximum Gasteiger partial charge on any atom is 0.433 e. The molecule has 0 saturated carbocycles. The molecule has 2 heterocycles. The first kappa shape index (κ1) is 12.4. The molecule has 0 saturated heterocycles. The molecule has 0 unspecified atom stereocenters. The molecule has 0 radical (unpaired) electrons. The van der Waals surface area contributed by atoms with Crippen molar-refractivity contribution in [1.82, 2.24) is 20.2 Å². The zero-order valence-electron chi connectivity index (χ0n) is 9.52. The lowest BCUT2D eigenvalue weighted by Crippen LogP contribution is -2.12.